The highest BCUT2D eigenvalue weighted by molar-refractivity contribution is 5.67. The summed E-state index contributed by atoms with van der Waals surface area (Å²) in [6.07, 6.45) is 2.16. The molecule has 2 aromatic rings. The fourth-order valence-electron chi connectivity index (χ4n) is 2.06. The van der Waals surface area contributed by atoms with Gasteiger partial charge in [0.25, 0.3) is 0 Å². The SMILES string of the molecule is [c]1cccc2c1CCc1ccccc1N2. The van der Waals surface area contributed by atoms with Crippen molar-refractivity contribution in [1.29, 1.82) is 0 Å². The lowest BCUT2D eigenvalue weighted by atomic mass is 10.0. The van der Waals surface area contributed by atoms with Crippen LogP contribution in [-0.4, -0.2) is 0 Å². The number of aryl methyl sites for hydroxylation is 2. The highest BCUT2D eigenvalue weighted by atomic mass is 14.9. The Kier molecular flexibility index (Phi) is 1.95. The number of rotatable bonds is 0. The molecule has 0 spiro atoms. The zero-order valence-corrected chi connectivity index (χ0v) is 8.46. The summed E-state index contributed by atoms with van der Waals surface area (Å²) in [5.41, 5.74) is 5.11. The summed E-state index contributed by atoms with van der Waals surface area (Å²) in [5.74, 6) is 0. The van der Waals surface area contributed by atoms with Crippen molar-refractivity contribution in [2.45, 2.75) is 12.8 Å². The summed E-state index contributed by atoms with van der Waals surface area (Å²) < 4.78 is 0. The van der Waals surface area contributed by atoms with Crippen LogP contribution in [0.4, 0.5) is 11.4 Å². The Bertz CT molecular complexity index is 443. The average molecular weight is 194 g/mol. The molecule has 0 aromatic heterocycles. The summed E-state index contributed by atoms with van der Waals surface area (Å²) in [5, 5.41) is 3.47. The van der Waals surface area contributed by atoms with Gasteiger partial charge in [0.1, 0.15) is 0 Å². The Balaban J connectivity index is 2.10. The van der Waals surface area contributed by atoms with E-state index in [1.54, 1.807) is 0 Å². The van der Waals surface area contributed by atoms with Gasteiger partial charge in [-0.05, 0) is 42.2 Å². The lowest BCUT2D eigenvalue weighted by Crippen LogP contribution is -1.92. The molecular formula is C14H12N. The first kappa shape index (κ1) is 8.54. The maximum absolute atomic E-state index is 3.47. The van der Waals surface area contributed by atoms with Crippen molar-refractivity contribution in [2.24, 2.45) is 0 Å². The Hall–Kier alpha value is -1.76. The molecule has 0 unspecified atom stereocenters. The first-order chi connectivity index (χ1) is 7.43. The predicted octanol–water partition coefficient (Wildman–Crippen LogP) is 3.33. The van der Waals surface area contributed by atoms with Crippen LogP contribution >= 0.6 is 0 Å². The minimum Gasteiger partial charge on any atom is -0.355 e. The number of para-hydroxylation sites is 1. The number of hydrogen-bond donors (Lipinski definition) is 1. The molecule has 0 aliphatic carbocycles. The maximum Gasteiger partial charge on any atom is 0.0423 e. The van der Waals surface area contributed by atoms with Gasteiger partial charge in [-0.2, -0.15) is 0 Å². The third-order valence-corrected chi connectivity index (χ3v) is 2.87. The second-order valence-corrected chi connectivity index (χ2v) is 3.84. The summed E-state index contributed by atoms with van der Waals surface area (Å²) in [4.78, 5) is 0. The Morgan fingerprint density at radius 3 is 2.80 bits per heavy atom. The van der Waals surface area contributed by atoms with E-state index in [-0.39, 0.29) is 0 Å². The van der Waals surface area contributed by atoms with Crippen molar-refractivity contribution in [3.63, 3.8) is 0 Å². The third kappa shape index (κ3) is 1.50. The third-order valence-electron chi connectivity index (χ3n) is 2.87. The maximum atomic E-state index is 3.47. The largest absolute Gasteiger partial charge is 0.355 e. The molecule has 1 aliphatic heterocycles. The smallest absolute Gasteiger partial charge is 0.0423 e. The molecule has 0 saturated carbocycles. The molecule has 1 aliphatic rings. The van der Waals surface area contributed by atoms with Crippen LogP contribution in [0.1, 0.15) is 11.1 Å². The molecule has 0 saturated heterocycles. The molecule has 1 N–H and O–H groups in total. The second-order valence-electron chi connectivity index (χ2n) is 3.84. The summed E-state index contributed by atoms with van der Waals surface area (Å²) in [6.45, 7) is 0. The van der Waals surface area contributed by atoms with Crippen molar-refractivity contribution in [3.05, 3.63) is 59.7 Å². The van der Waals surface area contributed by atoms with E-state index in [1.807, 2.05) is 12.1 Å². The van der Waals surface area contributed by atoms with Crippen molar-refractivity contribution in [2.75, 3.05) is 5.32 Å². The molecule has 0 amide bonds. The zero-order valence-electron chi connectivity index (χ0n) is 8.46. The van der Waals surface area contributed by atoms with Gasteiger partial charge in [-0.15, -0.1) is 0 Å². The van der Waals surface area contributed by atoms with Gasteiger partial charge in [0.2, 0.25) is 0 Å². The van der Waals surface area contributed by atoms with E-state index in [9.17, 15) is 0 Å². The van der Waals surface area contributed by atoms with E-state index in [1.165, 1.54) is 22.5 Å². The van der Waals surface area contributed by atoms with Gasteiger partial charge >= 0.3 is 0 Å². The fourth-order valence-corrected chi connectivity index (χ4v) is 2.06. The van der Waals surface area contributed by atoms with Gasteiger partial charge < -0.3 is 5.32 Å². The molecule has 73 valence electrons. The van der Waals surface area contributed by atoms with Gasteiger partial charge in [0.15, 0.2) is 0 Å². The van der Waals surface area contributed by atoms with E-state index >= 15 is 0 Å². The van der Waals surface area contributed by atoms with E-state index in [4.69, 9.17) is 0 Å². The van der Waals surface area contributed by atoms with Crippen LogP contribution in [-0.2, 0) is 12.8 Å². The van der Waals surface area contributed by atoms with Crippen molar-refractivity contribution < 1.29 is 0 Å². The quantitative estimate of drug-likeness (QED) is 0.678. The molecular weight excluding hydrogens is 182 g/mol. The molecule has 0 bridgehead atoms. The molecule has 1 heteroatoms. The molecule has 0 fully saturated rings. The fraction of sp³-hybridized carbons (Fsp3) is 0.143. The number of hydrogen-bond acceptors (Lipinski definition) is 1. The molecule has 1 nitrogen and oxygen atoms in total. The van der Waals surface area contributed by atoms with Crippen LogP contribution in [0, 0.1) is 6.07 Å². The summed E-state index contributed by atoms with van der Waals surface area (Å²) >= 11 is 0. The molecule has 1 heterocycles. The van der Waals surface area contributed by atoms with Gasteiger partial charge in [0.05, 0.1) is 0 Å². The predicted molar refractivity (Wildman–Crippen MR) is 62.4 cm³/mol. The van der Waals surface area contributed by atoms with Crippen LogP contribution in [0.5, 0.6) is 0 Å². The number of benzene rings is 2. The van der Waals surface area contributed by atoms with Crippen molar-refractivity contribution in [3.8, 4) is 0 Å². The van der Waals surface area contributed by atoms with Gasteiger partial charge in [-0.3, -0.25) is 0 Å². The van der Waals surface area contributed by atoms with Crippen molar-refractivity contribution >= 4 is 11.4 Å². The van der Waals surface area contributed by atoms with E-state index in [2.05, 4.69) is 41.7 Å². The van der Waals surface area contributed by atoms with E-state index < -0.39 is 0 Å². The van der Waals surface area contributed by atoms with Crippen LogP contribution < -0.4 is 5.32 Å². The number of anilines is 2. The molecule has 15 heavy (non-hydrogen) atoms. The highest BCUT2D eigenvalue weighted by Crippen LogP contribution is 2.28. The Labute approximate surface area is 89.8 Å². The number of nitrogens with one attached hydrogen (secondary N) is 1. The topological polar surface area (TPSA) is 12.0 Å². The molecule has 2 aromatic carbocycles. The summed E-state index contributed by atoms with van der Waals surface area (Å²) in [7, 11) is 0. The van der Waals surface area contributed by atoms with E-state index in [0.29, 0.717) is 0 Å². The van der Waals surface area contributed by atoms with Gasteiger partial charge in [-0.1, -0.05) is 30.3 Å². The van der Waals surface area contributed by atoms with Gasteiger partial charge in [-0.25, -0.2) is 0 Å². The van der Waals surface area contributed by atoms with Crippen molar-refractivity contribution in [1.82, 2.24) is 0 Å². The summed E-state index contributed by atoms with van der Waals surface area (Å²) in [6, 6.07) is 17.9. The van der Waals surface area contributed by atoms with Crippen LogP contribution in [0.2, 0.25) is 0 Å². The molecule has 3 rings (SSSR count). The monoisotopic (exact) mass is 194 g/mol. The first-order valence-electron chi connectivity index (χ1n) is 5.28. The molecule has 1 radical (unpaired) electrons. The van der Waals surface area contributed by atoms with E-state index in [0.717, 1.165) is 12.8 Å². The van der Waals surface area contributed by atoms with Crippen LogP contribution in [0.25, 0.3) is 0 Å². The Morgan fingerprint density at radius 1 is 0.933 bits per heavy atom. The van der Waals surface area contributed by atoms with Crippen LogP contribution in [0.3, 0.4) is 0 Å². The van der Waals surface area contributed by atoms with Gasteiger partial charge in [0, 0.05) is 11.4 Å². The standard InChI is InChI=1S/C14H12N/c1-3-7-13-11(5-1)9-10-12-6-2-4-8-14(12)15-13/h1-5,7-8,15H,9-10H2. The lowest BCUT2D eigenvalue weighted by Gasteiger charge is -2.08. The lowest BCUT2D eigenvalue weighted by molar-refractivity contribution is 0.976. The molecule has 0 atom stereocenters. The minimum absolute atomic E-state index is 1.07. The minimum atomic E-state index is 1.07. The highest BCUT2D eigenvalue weighted by Gasteiger charge is 2.10. The average Bonchev–Trinajstić information content (AvgIpc) is 2.48. The number of fused-ring (bicyclic) bond motifs is 2. The first-order valence-corrected chi connectivity index (χ1v) is 5.28. The van der Waals surface area contributed by atoms with Crippen LogP contribution in [0.15, 0.2) is 42.5 Å². The second kappa shape index (κ2) is 3.43. The normalized spacial score (nSPS) is 13.3. The zero-order chi connectivity index (χ0) is 10.1. The Morgan fingerprint density at radius 2 is 1.80 bits per heavy atom.